The maximum Gasteiger partial charge on any atom is 0.302 e. The van der Waals surface area contributed by atoms with Gasteiger partial charge in [0.15, 0.2) is 5.78 Å². The van der Waals surface area contributed by atoms with Crippen LogP contribution in [0.3, 0.4) is 0 Å². The average Bonchev–Trinajstić information content (AvgIpc) is 3.22. The zero-order valence-electron chi connectivity index (χ0n) is 16.9. The summed E-state index contributed by atoms with van der Waals surface area (Å²) in [5, 5.41) is 10.3. The molecule has 0 bridgehead atoms. The molecule has 150 valence electrons. The molecule has 3 fully saturated rings. The molecule has 5 nitrogen and oxygen atoms in total. The van der Waals surface area contributed by atoms with Gasteiger partial charge >= 0.3 is 5.97 Å². The molecule has 3 rings (SSSR count). The van der Waals surface area contributed by atoms with Gasteiger partial charge in [0, 0.05) is 12.3 Å². The van der Waals surface area contributed by atoms with Gasteiger partial charge in [-0.15, -0.1) is 0 Å². The van der Waals surface area contributed by atoms with Crippen molar-refractivity contribution < 1.29 is 24.2 Å². The Morgan fingerprint density at radius 2 is 2.11 bits per heavy atom. The van der Waals surface area contributed by atoms with Crippen molar-refractivity contribution in [2.24, 2.45) is 17.3 Å². The number of rotatable bonds is 5. The van der Waals surface area contributed by atoms with Gasteiger partial charge in [-0.2, -0.15) is 0 Å². The fourth-order valence-corrected chi connectivity index (χ4v) is 4.83. The summed E-state index contributed by atoms with van der Waals surface area (Å²) >= 11 is 0. The number of carbonyl (C=O) groups excluding carboxylic acids is 2. The summed E-state index contributed by atoms with van der Waals surface area (Å²) in [5.41, 5.74) is -0.577. The Balaban J connectivity index is 1.68. The molecule has 0 aromatic carbocycles. The first-order chi connectivity index (χ1) is 12.5. The Bertz CT molecular complexity index is 678. The molecule has 0 radical (unpaired) electrons. The number of esters is 1. The quantitative estimate of drug-likeness (QED) is 0.345. The predicted molar refractivity (Wildman–Crippen MR) is 102 cm³/mol. The standard InChI is InChI=1S/C22H32O5/c1-14-6-7-19-22(5,27-19)11-8-17-16(14)12-21(17,4)18(24)9-10-20(3,25)13-26-15(2)23/h9-10,16-17,19,25H,1,6-8,11-13H2,2-5H3/b10-9+/t16-,17-,19+,20?,21-,22-/m0/s1. The lowest BCUT2D eigenvalue weighted by Crippen LogP contribution is -2.51. The van der Waals surface area contributed by atoms with E-state index in [4.69, 9.17) is 9.47 Å². The highest BCUT2D eigenvalue weighted by Crippen LogP contribution is 2.60. The molecule has 0 spiro atoms. The number of hydrogen-bond donors (Lipinski definition) is 1. The molecule has 0 aromatic rings. The second-order valence-electron chi connectivity index (χ2n) is 9.32. The summed E-state index contributed by atoms with van der Waals surface area (Å²) in [7, 11) is 0. The van der Waals surface area contributed by atoms with Gasteiger partial charge in [0.05, 0.1) is 11.7 Å². The van der Waals surface area contributed by atoms with Crippen LogP contribution in [0.15, 0.2) is 24.3 Å². The van der Waals surface area contributed by atoms with Crippen molar-refractivity contribution in [2.45, 2.75) is 77.1 Å². The minimum atomic E-state index is -1.36. The molecular formula is C22H32O5. The van der Waals surface area contributed by atoms with Crippen LogP contribution in [0.1, 0.15) is 59.8 Å². The van der Waals surface area contributed by atoms with Crippen molar-refractivity contribution in [1.29, 1.82) is 0 Å². The smallest absolute Gasteiger partial charge is 0.302 e. The van der Waals surface area contributed by atoms with Crippen LogP contribution in [0.25, 0.3) is 0 Å². The molecule has 6 atom stereocenters. The fourth-order valence-electron chi connectivity index (χ4n) is 4.83. The summed E-state index contributed by atoms with van der Waals surface area (Å²) in [6, 6.07) is 0. The van der Waals surface area contributed by atoms with Crippen molar-refractivity contribution >= 4 is 11.8 Å². The first kappa shape index (κ1) is 20.3. The topological polar surface area (TPSA) is 76.1 Å². The second kappa shape index (κ2) is 6.85. The van der Waals surface area contributed by atoms with Crippen molar-refractivity contribution in [1.82, 2.24) is 0 Å². The Morgan fingerprint density at radius 1 is 1.41 bits per heavy atom. The zero-order valence-corrected chi connectivity index (χ0v) is 16.9. The normalized spacial score (nSPS) is 40.5. The van der Waals surface area contributed by atoms with E-state index < -0.39 is 17.0 Å². The molecule has 5 heteroatoms. The van der Waals surface area contributed by atoms with Gasteiger partial charge in [-0.05, 0) is 69.9 Å². The predicted octanol–water partition coefficient (Wildman–Crippen LogP) is 3.36. The third-order valence-corrected chi connectivity index (χ3v) is 6.91. The maximum absolute atomic E-state index is 13.0. The maximum atomic E-state index is 13.0. The van der Waals surface area contributed by atoms with Gasteiger partial charge in [-0.3, -0.25) is 9.59 Å². The minimum Gasteiger partial charge on any atom is -0.462 e. The summed E-state index contributed by atoms with van der Waals surface area (Å²) in [4.78, 5) is 23.9. The molecule has 0 aromatic heterocycles. The van der Waals surface area contributed by atoms with Crippen LogP contribution in [0.5, 0.6) is 0 Å². The molecule has 1 saturated heterocycles. The van der Waals surface area contributed by atoms with Gasteiger partial charge < -0.3 is 14.6 Å². The highest BCUT2D eigenvalue weighted by Gasteiger charge is 2.58. The van der Waals surface area contributed by atoms with Crippen molar-refractivity contribution in [2.75, 3.05) is 6.61 Å². The van der Waals surface area contributed by atoms with Gasteiger partial charge in [-0.25, -0.2) is 0 Å². The SMILES string of the molecule is C=C1CC[C@H]2O[C@@]2(C)CC[C@H]2[C@H]1C[C@]2(C)C(=O)/C=C/C(C)(O)COC(C)=O. The van der Waals surface area contributed by atoms with E-state index in [2.05, 4.69) is 13.5 Å². The van der Waals surface area contributed by atoms with Gasteiger partial charge in [-0.1, -0.05) is 19.1 Å². The molecular weight excluding hydrogens is 344 g/mol. The number of allylic oxidation sites excluding steroid dienone is 2. The van der Waals surface area contributed by atoms with Crippen LogP contribution in [0, 0.1) is 17.3 Å². The summed E-state index contributed by atoms with van der Waals surface area (Å²) < 4.78 is 10.7. The van der Waals surface area contributed by atoms with E-state index in [0.29, 0.717) is 12.0 Å². The third-order valence-electron chi connectivity index (χ3n) is 6.91. The van der Waals surface area contributed by atoms with E-state index in [1.807, 2.05) is 6.92 Å². The van der Waals surface area contributed by atoms with Crippen LogP contribution < -0.4 is 0 Å². The van der Waals surface area contributed by atoms with Crippen LogP contribution in [0.2, 0.25) is 0 Å². The van der Waals surface area contributed by atoms with E-state index in [9.17, 15) is 14.7 Å². The summed E-state index contributed by atoms with van der Waals surface area (Å²) in [6.07, 6.45) is 7.99. The molecule has 2 saturated carbocycles. The van der Waals surface area contributed by atoms with Gasteiger partial charge in [0.1, 0.15) is 12.2 Å². The lowest BCUT2D eigenvalue weighted by Gasteiger charge is -2.53. The molecule has 2 aliphatic carbocycles. The van der Waals surface area contributed by atoms with E-state index in [1.165, 1.54) is 31.6 Å². The number of hydrogen-bond acceptors (Lipinski definition) is 5. The van der Waals surface area contributed by atoms with E-state index in [1.54, 1.807) is 0 Å². The minimum absolute atomic E-state index is 0.0253. The van der Waals surface area contributed by atoms with E-state index in [-0.39, 0.29) is 23.9 Å². The molecule has 1 N–H and O–H groups in total. The van der Waals surface area contributed by atoms with Crippen LogP contribution >= 0.6 is 0 Å². The number of aliphatic hydroxyl groups is 1. The molecule has 1 heterocycles. The van der Waals surface area contributed by atoms with Gasteiger partial charge in [0.2, 0.25) is 0 Å². The number of ether oxygens (including phenoxy) is 2. The Hall–Kier alpha value is -1.46. The summed E-state index contributed by atoms with van der Waals surface area (Å²) in [6.45, 7) is 11.1. The van der Waals surface area contributed by atoms with Crippen LogP contribution in [-0.4, -0.2) is 40.8 Å². The molecule has 1 aliphatic heterocycles. The van der Waals surface area contributed by atoms with Crippen LogP contribution in [0.4, 0.5) is 0 Å². The largest absolute Gasteiger partial charge is 0.462 e. The average molecular weight is 376 g/mol. The molecule has 1 unspecified atom stereocenters. The molecule has 0 amide bonds. The molecule has 27 heavy (non-hydrogen) atoms. The molecule has 3 aliphatic rings. The number of fused-ring (bicyclic) bond motifs is 2. The Labute approximate surface area is 161 Å². The lowest BCUT2D eigenvalue weighted by atomic mass is 9.49. The van der Waals surface area contributed by atoms with Crippen molar-refractivity contribution in [3.05, 3.63) is 24.3 Å². The number of epoxide rings is 1. The monoisotopic (exact) mass is 376 g/mol. The van der Waals surface area contributed by atoms with Crippen molar-refractivity contribution in [3.8, 4) is 0 Å². The van der Waals surface area contributed by atoms with E-state index in [0.717, 1.165) is 32.1 Å². The Kier molecular flexibility index (Phi) is 5.15. The Morgan fingerprint density at radius 3 is 2.78 bits per heavy atom. The summed E-state index contributed by atoms with van der Waals surface area (Å²) in [5.74, 6) is 0.231. The first-order valence-electron chi connectivity index (χ1n) is 9.92. The van der Waals surface area contributed by atoms with Crippen LogP contribution in [-0.2, 0) is 19.1 Å². The number of carbonyl (C=O) groups is 2. The lowest BCUT2D eigenvalue weighted by molar-refractivity contribution is -0.145. The highest BCUT2D eigenvalue weighted by molar-refractivity contribution is 5.96. The first-order valence-corrected chi connectivity index (χ1v) is 9.92. The fraction of sp³-hybridized carbons (Fsp3) is 0.727. The van der Waals surface area contributed by atoms with Crippen molar-refractivity contribution in [3.63, 3.8) is 0 Å². The third kappa shape index (κ3) is 4.04. The highest BCUT2D eigenvalue weighted by atomic mass is 16.6. The zero-order chi connectivity index (χ0) is 20.0. The number of ketones is 1. The van der Waals surface area contributed by atoms with E-state index >= 15 is 0 Å². The van der Waals surface area contributed by atoms with Gasteiger partial charge in [0.25, 0.3) is 0 Å². The second-order valence-corrected chi connectivity index (χ2v) is 9.32.